The van der Waals surface area contributed by atoms with E-state index < -0.39 is 5.60 Å². The molecule has 152 valence electrons. The van der Waals surface area contributed by atoms with Crippen molar-refractivity contribution in [3.8, 4) is 0 Å². The molecule has 28 heavy (non-hydrogen) atoms. The maximum Gasteiger partial charge on any atom is 0.261 e. The van der Waals surface area contributed by atoms with Gasteiger partial charge in [-0.3, -0.25) is 14.3 Å². The second-order valence-electron chi connectivity index (χ2n) is 7.77. The monoisotopic (exact) mass is 388 g/mol. The molecule has 0 aliphatic carbocycles. The van der Waals surface area contributed by atoms with Crippen LogP contribution < -0.4 is 10.5 Å². The number of hydrogen-bond acceptors (Lipinski definition) is 7. The maximum atomic E-state index is 12.4. The highest BCUT2D eigenvalue weighted by molar-refractivity contribution is 5.81. The van der Waals surface area contributed by atoms with E-state index in [4.69, 9.17) is 9.84 Å². The number of nitrogens with zero attached hydrogens (tertiary/aromatic N) is 4. The highest BCUT2D eigenvalue weighted by atomic mass is 16.5. The Morgan fingerprint density at radius 2 is 1.89 bits per heavy atom. The van der Waals surface area contributed by atoms with Crippen LogP contribution in [-0.2, 0) is 11.3 Å². The van der Waals surface area contributed by atoms with Crippen LogP contribution >= 0.6 is 0 Å². The second-order valence-corrected chi connectivity index (χ2v) is 7.77. The molecule has 2 fully saturated rings. The zero-order valence-corrected chi connectivity index (χ0v) is 16.1. The van der Waals surface area contributed by atoms with Crippen LogP contribution in [0.2, 0.25) is 0 Å². The molecule has 2 aromatic rings. The van der Waals surface area contributed by atoms with Gasteiger partial charge in [0.15, 0.2) is 0 Å². The summed E-state index contributed by atoms with van der Waals surface area (Å²) in [6.45, 7) is 5.69. The third-order valence-electron chi connectivity index (χ3n) is 5.83. The van der Waals surface area contributed by atoms with E-state index in [0.29, 0.717) is 43.5 Å². The van der Waals surface area contributed by atoms with Crippen molar-refractivity contribution in [2.24, 2.45) is 0 Å². The molecule has 0 amide bonds. The van der Waals surface area contributed by atoms with Gasteiger partial charge in [0.2, 0.25) is 0 Å². The number of aliphatic hydroxyl groups excluding tert-OH is 1. The molecule has 1 aromatic heterocycles. The molecule has 1 aromatic carbocycles. The molecule has 0 saturated carbocycles. The van der Waals surface area contributed by atoms with E-state index in [9.17, 15) is 9.90 Å². The fourth-order valence-electron chi connectivity index (χ4n) is 4.10. The first-order chi connectivity index (χ1) is 13.6. The van der Waals surface area contributed by atoms with Crippen molar-refractivity contribution in [1.82, 2.24) is 14.5 Å². The van der Waals surface area contributed by atoms with Crippen LogP contribution in [0.5, 0.6) is 0 Å². The molecule has 0 unspecified atom stereocenters. The average molecular weight is 388 g/mol. The molecule has 8 heteroatoms. The Kier molecular flexibility index (Phi) is 5.63. The van der Waals surface area contributed by atoms with Crippen LogP contribution in [0, 0.1) is 0 Å². The Labute approximate surface area is 164 Å². The molecule has 3 heterocycles. The van der Waals surface area contributed by atoms with E-state index in [1.165, 1.54) is 10.9 Å². The highest BCUT2D eigenvalue weighted by Crippen LogP contribution is 2.24. The molecular formula is C20H28N4O4. The lowest BCUT2D eigenvalue weighted by Gasteiger charge is -2.41. The normalized spacial score (nSPS) is 20.6. The summed E-state index contributed by atoms with van der Waals surface area (Å²) < 4.78 is 6.80. The van der Waals surface area contributed by atoms with Crippen LogP contribution in [0.15, 0.2) is 29.3 Å². The van der Waals surface area contributed by atoms with E-state index in [1.54, 1.807) is 0 Å². The predicted molar refractivity (Wildman–Crippen MR) is 107 cm³/mol. The minimum absolute atomic E-state index is 0.0857. The van der Waals surface area contributed by atoms with Crippen molar-refractivity contribution in [2.45, 2.75) is 25.0 Å². The van der Waals surface area contributed by atoms with Crippen LogP contribution in [0.4, 0.5) is 5.69 Å². The Morgan fingerprint density at radius 1 is 1.14 bits per heavy atom. The number of piperazine rings is 1. The molecule has 2 aliphatic heterocycles. The van der Waals surface area contributed by atoms with Crippen LogP contribution in [0.1, 0.15) is 12.8 Å². The molecule has 4 rings (SSSR count). The molecule has 2 N–H and O–H groups in total. The number of fused-ring (bicyclic) bond motifs is 1. The van der Waals surface area contributed by atoms with E-state index >= 15 is 0 Å². The van der Waals surface area contributed by atoms with E-state index in [1.807, 2.05) is 18.2 Å². The maximum absolute atomic E-state index is 12.4. The van der Waals surface area contributed by atoms with Gasteiger partial charge in [0, 0.05) is 64.5 Å². The highest BCUT2D eigenvalue weighted by Gasteiger charge is 2.33. The Bertz CT molecular complexity index is 870. The van der Waals surface area contributed by atoms with Gasteiger partial charge >= 0.3 is 0 Å². The fraction of sp³-hybridized carbons (Fsp3) is 0.600. The number of β-amino-alcohol motifs (C(OH)–C–C–N with tert-alkyl or cyclic N) is 1. The summed E-state index contributed by atoms with van der Waals surface area (Å²) in [7, 11) is 0. The lowest BCUT2D eigenvalue weighted by atomic mass is 9.93. The summed E-state index contributed by atoms with van der Waals surface area (Å²) in [4.78, 5) is 21.4. The van der Waals surface area contributed by atoms with Crippen LogP contribution in [-0.4, -0.2) is 82.8 Å². The minimum Gasteiger partial charge on any atom is -0.395 e. The van der Waals surface area contributed by atoms with Gasteiger partial charge in [0.1, 0.15) is 0 Å². The number of anilines is 1. The van der Waals surface area contributed by atoms with Crippen molar-refractivity contribution in [1.29, 1.82) is 0 Å². The number of hydrogen-bond donors (Lipinski definition) is 2. The molecule has 0 bridgehead atoms. The molecule has 0 radical (unpaired) electrons. The third kappa shape index (κ3) is 4.05. The quantitative estimate of drug-likeness (QED) is 0.748. The number of ether oxygens (including phenoxy) is 1. The summed E-state index contributed by atoms with van der Waals surface area (Å²) >= 11 is 0. The fourth-order valence-corrected chi connectivity index (χ4v) is 4.10. The lowest BCUT2D eigenvalue weighted by Crippen LogP contribution is -2.53. The third-order valence-corrected chi connectivity index (χ3v) is 5.83. The first-order valence-corrected chi connectivity index (χ1v) is 9.95. The largest absolute Gasteiger partial charge is 0.395 e. The summed E-state index contributed by atoms with van der Waals surface area (Å²) in [5.74, 6) is 0. The van der Waals surface area contributed by atoms with Gasteiger partial charge in [0.05, 0.1) is 36.0 Å². The van der Waals surface area contributed by atoms with Gasteiger partial charge in [-0.25, -0.2) is 4.98 Å². The topological polar surface area (TPSA) is 91.1 Å². The van der Waals surface area contributed by atoms with Crippen molar-refractivity contribution in [3.63, 3.8) is 0 Å². The summed E-state index contributed by atoms with van der Waals surface area (Å²) in [5.41, 5.74) is 0.987. The summed E-state index contributed by atoms with van der Waals surface area (Å²) in [5, 5.41) is 20.3. The van der Waals surface area contributed by atoms with Crippen molar-refractivity contribution >= 4 is 16.6 Å². The van der Waals surface area contributed by atoms with E-state index in [0.717, 1.165) is 31.9 Å². The van der Waals surface area contributed by atoms with E-state index in [-0.39, 0.29) is 18.7 Å². The first-order valence-electron chi connectivity index (χ1n) is 9.95. The number of benzene rings is 1. The van der Waals surface area contributed by atoms with Crippen LogP contribution in [0.25, 0.3) is 10.9 Å². The predicted octanol–water partition coefficient (Wildman–Crippen LogP) is 0.0523. The Morgan fingerprint density at radius 3 is 2.61 bits per heavy atom. The van der Waals surface area contributed by atoms with Crippen molar-refractivity contribution < 1.29 is 14.9 Å². The van der Waals surface area contributed by atoms with Gasteiger partial charge in [-0.1, -0.05) is 0 Å². The molecule has 0 atom stereocenters. The zero-order valence-electron chi connectivity index (χ0n) is 16.1. The van der Waals surface area contributed by atoms with Gasteiger partial charge in [0.25, 0.3) is 5.56 Å². The molecule has 8 nitrogen and oxygen atoms in total. The summed E-state index contributed by atoms with van der Waals surface area (Å²) in [6.07, 6.45) is 2.91. The van der Waals surface area contributed by atoms with Gasteiger partial charge in [-0.05, 0) is 18.2 Å². The molecular weight excluding hydrogens is 360 g/mol. The standard InChI is InChI=1S/C20H28N4O4/c25-10-9-24-15-21-18-13-16(1-2-17(18)19(24)26)23-7-5-22(6-8-23)14-20(27)3-11-28-12-4-20/h1-2,13,15,25,27H,3-12,14H2. The molecule has 2 aliphatic rings. The van der Waals surface area contributed by atoms with Gasteiger partial charge in [-0.2, -0.15) is 0 Å². The Balaban J connectivity index is 1.42. The zero-order chi connectivity index (χ0) is 19.6. The number of aromatic nitrogens is 2. The van der Waals surface area contributed by atoms with Crippen molar-refractivity contribution in [3.05, 3.63) is 34.9 Å². The SMILES string of the molecule is O=c1c2ccc(N3CCN(CC4(O)CCOCC4)CC3)cc2ncn1CCO. The first kappa shape index (κ1) is 19.3. The van der Waals surface area contributed by atoms with Crippen LogP contribution in [0.3, 0.4) is 0 Å². The number of rotatable bonds is 5. The Hall–Kier alpha value is -2.00. The smallest absolute Gasteiger partial charge is 0.261 e. The molecule has 2 saturated heterocycles. The molecule has 0 spiro atoms. The summed E-state index contributed by atoms with van der Waals surface area (Å²) in [6, 6.07) is 5.75. The average Bonchev–Trinajstić information content (AvgIpc) is 2.71. The van der Waals surface area contributed by atoms with E-state index in [2.05, 4.69) is 14.8 Å². The van der Waals surface area contributed by atoms with Crippen molar-refractivity contribution in [2.75, 3.05) is 57.4 Å². The lowest BCUT2D eigenvalue weighted by molar-refractivity contribution is -0.0802. The minimum atomic E-state index is -0.623. The van der Waals surface area contributed by atoms with Gasteiger partial charge in [-0.15, -0.1) is 0 Å². The number of aliphatic hydroxyl groups is 2. The second kappa shape index (κ2) is 8.16. The van der Waals surface area contributed by atoms with Gasteiger partial charge < -0.3 is 19.8 Å².